The van der Waals surface area contributed by atoms with Crippen molar-refractivity contribution in [3.05, 3.63) is 29.8 Å². The van der Waals surface area contributed by atoms with E-state index in [2.05, 4.69) is 52.1 Å². The fraction of sp³-hybridized carbons (Fsp3) is 0.625. The van der Waals surface area contributed by atoms with Crippen molar-refractivity contribution < 1.29 is 15.2 Å². The molecule has 0 aromatic heterocycles. The number of aliphatic hydroxyl groups is 1. The van der Waals surface area contributed by atoms with E-state index in [0.29, 0.717) is 19.2 Å². The summed E-state index contributed by atoms with van der Waals surface area (Å²) >= 11 is 0. The van der Waals surface area contributed by atoms with Crippen LogP contribution in [0.4, 0.5) is 0 Å². The maximum atomic E-state index is 9.79. The molecule has 3 nitrogen and oxygen atoms in total. The Morgan fingerprint density at radius 2 is 1.74 bits per heavy atom. The molecule has 0 amide bonds. The van der Waals surface area contributed by atoms with E-state index in [1.807, 2.05) is 12.1 Å². The van der Waals surface area contributed by atoms with Crippen LogP contribution in [0.2, 0.25) is 0 Å². The number of nitrogens with two attached hydrogens (primary N) is 1. The molecule has 3 N–H and O–H groups in total. The highest BCUT2D eigenvalue weighted by Crippen LogP contribution is 2.24. The van der Waals surface area contributed by atoms with Crippen molar-refractivity contribution >= 4 is 0 Å². The summed E-state index contributed by atoms with van der Waals surface area (Å²) in [5, 5.41) is 11.9. The first kappa shape index (κ1) is 16.0. The summed E-state index contributed by atoms with van der Waals surface area (Å²) in [7, 11) is 0. The molecule has 0 bridgehead atoms. The zero-order valence-corrected chi connectivity index (χ0v) is 12.8. The average molecular weight is 266 g/mol. The lowest BCUT2D eigenvalue weighted by Crippen LogP contribution is -2.90. The van der Waals surface area contributed by atoms with Crippen molar-refractivity contribution in [1.82, 2.24) is 0 Å². The molecule has 0 saturated carbocycles. The Labute approximate surface area is 117 Å². The summed E-state index contributed by atoms with van der Waals surface area (Å²) in [5.41, 5.74) is 1.44. The van der Waals surface area contributed by atoms with Gasteiger partial charge in [-0.2, -0.15) is 0 Å². The highest BCUT2D eigenvalue weighted by atomic mass is 16.5. The van der Waals surface area contributed by atoms with Gasteiger partial charge in [0.25, 0.3) is 0 Å². The fourth-order valence-corrected chi connectivity index (χ4v) is 1.74. The van der Waals surface area contributed by atoms with Crippen LogP contribution in [0.5, 0.6) is 5.75 Å². The second-order valence-electron chi connectivity index (χ2n) is 6.45. The van der Waals surface area contributed by atoms with E-state index in [4.69, 9.17) is 4.74 Å². The first-order chi connectivity index (χ1) is 8.79. The van der Waals surface area contributed by atoms with Crippen molar-refractivity contribution in [3.8, 4) is 5.75 Å². The van der Waals surface area contributed by atoms with E-state index in [-0.39, 0.29) is 5.41 Å². The van der Waals surface area contributed by atoms with Gasteiger partial charge in [0.2, 0.25) is 0 Å². The van der Waals surface area contributed by atoms with Crippen molar-refractivity contribution in [2.45, 2.75) is 52.2 Å². The fourth-order valence-electron chi connectivity index (χ4n) is 1.74. The van der Waals surface area contributed by atoms with E-state index < -0.39 is 6.10 Å². The van der Waals surface area contributed by atoms with Gasteiger partial charge in [0.05, 0.1) is 6.04 Å². The Balaban J connectivity index is 2.42. The van der Waals surface area contributed by atoms with E-state index in [9.17, 15) is 5.11 Å². The molecule has 19 heavy (non-hydrogen) atoms. The third-order valence-corrected chi connectivity index (χ3v) is 3.04. The molecule has 0 fully saturated rings. The predicted molar refractivity (Wildman–Crippen MR) is 78.6 cm³/mol. The Hall–Kier alpha value is -1.06. The summed E-state index contributed by atoms with van der Waals surface area (Å²) < 4.78 is 5.60. The van der Waals surface area contributed by atoms with E-state index >= 15 is 0 Å². The smallest absolute Gasteiger partial charge is 0.137 e. The number of quaternary nitrogens is 1. The van der Waals surface area contributed by atoms with Gasteiger partial charge >= 0.3 is 0 Å². The van der Waals surface area contributed by atoms with Crippen LogP contribution in [0.1, 0.15) is 40.2 Å². The zero-order chi connectivity index (χ0) is 14.5. The molecule has 0 aliphatic heterocycles. The minimum atomic E-state index is -0.426. The third kappa shape index (κ3) is 6.08. The zero-order valence-electron chi connectivity index (χ0n) is 12.8. The molecule has 108 valence electrons. The Morgan fingerprint density at radius 3 is 2.21 bits per heavy atom. The normalized spacial score (nSPS) is 13.6. The number of benzene rings is 1. The molecule has 0 heterocycles. The molecule has 0 unspecified atom stereocenters. The number of hydrogen-bond donors (Lipinski definition) is 2. The van der Waals surface area contributed by atoms with Crippen LogP contribution in [-0.4, -0.2) is 30.4 Å². The molecular weight excluding hydrogens is 238 g/mol. The minimum absolute atomic E-state index is 0.157. The number of ether oxygens (including phenoxy) is 1. The van der Waals surface area contributed by atoms with Gasteiger partial charge in [0.1, 0.15) is 25.0 Å². The molecule has 3 heteroatoms. The van der Waals surface area contributed by atoms with Crippen LogP contribution in [0.25, 0.3) is 0 Å². The minimum Gasteiger partial charge on any atom is -0.491 e. The van der Waals surface area contributed by atoms with Gasteiger partial charge in [-0.1, -0.05) is 32.9 Å². The van der Waals surface area contributed by atoms with E-state index in [1.165, 1.54) is 5.56 Å². The molecule has 0 aliphatic rings. The van der Waals surface area contributed by atoms with Crippen LogP contribution >= 0.6 is 0 Å². The van der Waals surface area contributed by atoms with Gasteiger partial charge in [0, 0.05) is 0 Å². The Bertz CT molecular complexity index is 365. The third-order valence-electron chi connectivity index (χ3n) is 3.04. The number of aliphatic hydroxyl groups excluding tert-OH is 1. The first-order valence-corrected chi connectivity index (χ1v) is 7.04. The summed E-state index contributed by atoms with van der Waals surface area (Å²) in [6.45, 7) is 11.8. The van der Waals surface area contributed by atoms with Gasteiger partial charge < -0.3 is 15.2 Å². The molecule has 1 atom stereocenters. The quantitative estimate of drug-likeness (QED) is 0.823. The average Bonchev–Trinajstić information content (AvgIpc) is 2.33. The van der Waals surface area contributed by atoms with Crippen LogP contribution in [0.3, 0.4) is 0 Å². The van der Waals surface area contributed by atoms with Gasteiger partial charge in [-0.25, -0.2) is 0 Å². The Kier molecular flexibility index (Phi) is 5.83. The topological polar surface area (TPSA) is 46.1 Å². The summed E-state index contributed by atoms with van der Waals surface area (Å²) in [6.07, 6.45) is -0.426. The van der Waals surface area contributed by atoms with Crippen molar-refractivity contribution in [2.75, 3.05) is 13.2 Å². The van der Waals surface area contributed by atoms with Crippen LogP contribution in [-0.2, 0) is 5.41 Å². The van der Waals surface area contributed by atoms with Crippen LogP contribution in [0.15, 0.2) is 24.3 Å². The molecule has 0 aliphatic carbocycles. The SMILES string of the molecule is CC(C)[NH2+]C[C@H](O)COc1ccc(C(C)(C)C)cc1. The molecule has 1 rings (SSSR count). The Morgan fingerprint density at radius 1 is 1.16 bits per heavy atom. The lowest BCUT2D eigenvalue weighted by molar-refractivity contribution is -0.688. The van der Waals surface area contributed by atoms with E-state index in [0.717, 1.165) is 5.75 Å². The second-order valence-corrected chi connectivity index (χ2v) is 6.45. The van der Waals surface area contributed by atoms with Gasteiger partial charge in [-0.15, -0.1) is 0 Å². The first-order valence-electron chi connectivity index (χ1n) is 7.04. The summed E-state index contributed by atoms with van der Waals surface area (Å²) in [4.78, 5) is 0. The molecule has 1 aromatic carbocycles. The lowest BCUT2D eigenvalue weighted by Gasteiger charge is -2.19. The maximum absolute atomic E-state index is 9.79. The van der Waals surface area contributed by atoms with Crippen molar-refractivity contribution in [1.29, 1.82) is 0 Å². The molecule has 1 aromatic rings. The molecular formula is C16H28NO2+. The molecule has 0 spiro atoms. The van der Waals surface area contributed by atoms with Gasteiger partial charge in [-0.3, -0.25) is 0 Å². The van der Waals surface area contributed by atoms with Gasteiger partial charge in [-0.05, 0) is 37.0 Å². The largest absolute Gasteiger partial charge is 0.491 e. The summed E-state index contributed by atoms with van der Waals surface area (Å²) in [6, 6.07) is 8.61. The van der Waals surface area contributed by atoms with Crippen LogP contribution in [0, 0.1) is 0 Å². The van der Waals surface area contributed by atoms with E-state index in [1.54, 1.807) is 0 Å². The highest BCUT2D eigenvalue weighted by Gasteiger charge is 2.13. The monoisotopic (exact) mass is 266 g/mol. The second kappa shape index (κ2) is 6.92. The maximum Gasteiger partial charge on any atom is 0.137 e. The molecule has 0 saturated heterocycles. The standard InChI is InChI=1S/C16H27NO2/c1-12(2)17-10-14(18)11-19-15-8-6-13(7-9-15)16(3,4)5/h6-9,12,14,17-18H,10-11H2,1-5H3/p+1/t14-/m0/s1. The van der Waals surface area contributed by atoms with Crippen molar-refractivity contribution in [3.63, 3.8) is 0 Å². The molecule has 0 radical (unpaired) electrons. The predicted octanol–water partition coefficient (Wildman–Crippen LogP) is 1.70. The van der Waals surface area contributed by atoms with Crippen molar-refractivity contribution in [2.24, 2.45) is 0 Å². The number of hydrogen-bond acceptors (Lipinski definition) is 2. The highest BCUT2D eigenvalue weighted by molar-refractivity contribution is 5.31. The number of rotatable bonds is 6. The lowest BCUT2D eigenvalue weighted by atomic mass is 9.87. The van der Waals surface area contributed by atoms with Crippen LogP contribution < -0.4 is 10.1 Å². The van der Waals surface area contributed by atoms with Gasteiger partial charge in [0.15, 0.2) is 0 Å². The summed E-state index contributed by atoms with van der Waals surface area (Å²) in [5.74, 6) is 0.816.